The van der Waals surface area contributed by atoms with Gasteiger partial charge in [-0.3, -0.25) is 14.8 Å². The molecule has 6 heteroatoms. The molecule has 0 aliphatic rings. The van der Waals surface area contributed by atoms with Crippen LogP contribution in [-0.2, 0) is 0 Å². The second-order valence-electron chi connectivity index (χ2n) is 4.82. The second kappa shape index (κ2) is 6.03. The van der Waals surface area contributed by atoms with Gasteiger partial charge in [0.25, 0.3) is 5.91 Å². The van der Waals surface area contributed by atoms with Crippen molar-refractivity contribution in [3.05, 3.63) is 59.8 Å². The minimum Gasteiger partial charge on any atom is -0.312 e. The van der Waals surface area contributed by atoms with Gasteiger partial charge in [0.1, 0.15) is 10.0 Å². The number of thiazole rings is 1. The van der Waals surface area contributed by atoms with Crippen LogP contribution in [0, 0.1) is 13.8 Å². The molecule has 0 bridgehead atoms. The van der Waals surface area contributed by atoms with Crippen molar-refractivity contribution in [2.24, 2.45) is 0 Å². The molecule has 1 amide bonds. The van der Waals surface area contributed by atoms with Gasteiger partial charge < -0.3 is 5.32 Å². The quantitative estimate of drug-likeness (QED) is 0.804. The second-order valence-corrected chi connectivity index (χ2v) is 5.81. The molecule has 1 N–H and O–H groups in total. The van der Waals surface area contributed by atoms with E-state index in [2.05, 4.69) is 20.3 Å². The number of rotatable bonds is 3. The Hall–Kier alpha value is -2.60. The average Bonchev–Trinajstić information content (AvgIpc) is 2.89. The van der Waals surface area contributed by atoms with Crippen LogP contribution >= 0.6 is 11.3 Å². The molecule has 0 atom stereocenters. The number of pyridine rings is 2. The topological polar surface area (TPSA) is 67.8 Å². The molecule has 22 heavy (non-hydrogen) atoms. The Morgan fingerprint density at radius 1 is 1.23 bits per heavy atom. The van der Waals surface area contributed by atoms with Gasteiger partial charge in [-0.25, -0.2) is 4.98 Å². The van der Waals surface area contributed by atoms with Gasteiger partial charge in [-0.2, -0.15) is 0 Å². The van der Waals surface area contributed by atoms with Crippen molar-refractivity contribution in [2.45, 2.75) is 13.8 Å². The van der Waals surface area contributed by atoms with E-state index in [-0.39, 0.29) is 5.91 Å². The highest BCUT2D eigenvalue weighted by Crippen LogP contribution is 2.31. The number of nitrogens with one attached hydrogen (secondary N) is 1. The molecule has 110 valence electrons. The standard InChI is InChI=1S/C16H14N4OS/c1-10-8-12(5-7-18-10)14(21)20-15-11(2)19-16(22-15)13-4-3-6-17-9-13/h3-9H,1-2H3,(H,20,21). The number of aromatic nitrogens is 3. The first kappa shape index (κ1) is 14.3. The van der Waals surface area contributed by atoms with Crippen LogP contribution in [0.25, 0.3) is 10.6 Å². The molecule has 0 radical (unpaired) electrons. The highest BCUT2D eigenvalue weighted by atomic mass is 32.1. The summed E-state index contributed by atoms with van der Waals surface area (Å²) in [6.45, 7) is 3.74. The third-order valence-electron chi connectivity index (χ3n) is 3.09. The van der Waals surface area contributed by atoms with Crippen LogP contribution in [-0.4, -0.2) is 20.9 Å². The highest BCUT2D eigenvalue weighted by molar-refractivity contribution is 7.19. The van der Waals surface area contributed by atoms with E-state index in [1.165, 1.54) is 11.3 Å². The predicted octanol–water partition coefficient (Wildman–Crippen LogP) is 3.47. The number of nitrogens with zero attached hydrogens (tertiary/aromatic N) is 3. The molecule has 3 rings (SSSR count). The van der Waals surface area contributed by atoms with Crippen molar-refractivity contribution in [1.29, 1.82) is 0 Å². The first-order valence-electron chi connectivity index (χ1n) is 6.75. The maximum Gasteiger partial charge on any atom is 0.256 e. The van der Waals surface area contributed by atoms with Crippen molar-refractivity contribution in [2.75, 3.05) is 5.32 Å². The van der Waals surface area contributed by atoms with Crippen LogP contribution in [0.3, 0.4) is 0 Å². The Kier molecular flexibility index (Phi) is 3.93. The van der Waals surface area contributed by atoms with Gasteiger partial charge >= 0.3 is 0 Å². The van der Waals surface area contributed by atoms with E-state index in [1.54, 1.807) is 30.7 Å². The van der Waals surface area contributed by atoms with Crippen LogP contribution < -0.4 is 5.32 Å². The Morgan fingerprint density at radius 2 is 2.09 bits per heavy atom. The summed E-state index contributed by atoms with van der Waals surface area (Å²) in [6, 6.07) is 7.27. The lowest BCUT2D eigenvalue weighted by Gasteiger charge is -2.03. The molecule has 5 nitrogen and oxygen atoms in total. The number of aryl methyl sites for hydroxylation is 2. The zero-order valence-electron chi connectivity index (χ0n) is 12.2. The van der Waals surface area contributed by atoms with Gasteiger partial charge in [0.15, 0.2) is 0 Å². The van der Waals surface area contributed by atoms with Crippen LogP contribution in [0.5, 0.6) is 0 Å². The maximum atomic E-state index is 12.3. The Labute approximate surface area is 132 Å². The van der Waals surface area contributed by atoms with Gasteiger partial charge in [0, 0.05) is 35.4 Å². The van der Waals surface area contributed by atoms with Gasteiger partial charge in [-0.15, -0.1) is 0 Å². The lowest BCUT2D eigenvalue weighted by molar-refractivity contribution is 0.102. The van der Waals surface area contributed by atoms with Gasteiger partial charge in [0.2, 0.25) is 0 Å². The normalized spacial score (nSPS) is 10.5. The number of hydrogen-bond acceptors (Lipinski definition) is 5. The van der Waals surface area contributed by atoms with Crippen LogP contribution in [0.15, 0.2) is 42.9 Å². The summed E-state index contributed by atoms with van der Waals surface area (Å²) in [5.41, 5.74) is 3.13. The highest BCUT2D eigenvalue weighted by Gasteiger charge is 2.13. The summed E-state index contributed by atoms with van der Waals surface area (Å²) in [5, 5.41) is 4.50. The summed E-state index contributed by atoms with van der Waals surface area (Å²) >= 11 is 1.44. The Morgan fingerprint density at radius 3 is 2.82 bits per heavy atom. The zero-order chi connectivity index (χ0) is 15.5. The summed E-state index contributed by atoms with van der Waals surface area (Å²) in [6.07, 6.45) is 5.11. The largest absolute Gasteiger partial charge is 0.312 e. The van der Waals surface area contributed by atoms with E-state index in [9.17, 15) is 4.79 Å². The number of carbonyl (C=O) groups excluding carboxylic acids is 1. The summed E-state index contributed by atoms with van der Waals surface area (Å²) < 4.78 is 0. The first-order valence-corrected chi connectivity index (χ1v) is 7.57. The van der Waals surface area contributed by atoms with Crippen molar-refractivity contribution < 1.29 is 4.79 Å². The fourth-order valence-corrected chi connectivity index (χ4v) is 2.94. The molecule has 3 aromatic rings. The number of hydrogen-bond donors (Lipinski definition) is 1. The molecular weight excluding hydrogens is 296 g/mol. The summed E-state index contributed by atoms with van der Waals surface area (Å²) in [5.74, 6) is -0.157. The molecule has 3 heterocycles. The van der Waals surface area contributed by atoms with E-state index in [0.717, 1.165) is 27.0 Å². The molecule has 0 saturated carbocycles. The molecule has 0 aromatic carbocycles. The zero-order valence-corrected chi connectivity index (χ0v) is 13.0. The Bertz CT molecular complexity index is 814. The van der Waals surface area contributed by atoms with Crippen molar-refractivity contribution >= 4 is 22.2 Å². The van der Waals surface area contributed by atoms with Crippen molar-refractivity contribution in [1.82, 2.24) is 15.0 Å². The van der Waals surface area contributed by atoms with E-state index in [0.29, 0.717) is 5.56 Å². The monoisotopic (exact) mass is 310 g/mol. The SMILES string of the molecule is Cc1cc(C(=O)Nc2sc(-c3cccnc3)nc2C)ccn1. The van der Waals surface area contributed by atoms with E-state index in [1.807, 2.05) is 26.0 Å². The van der Waals surface area contributed by atoms with Crippen molar-refractivity contribution in [3.8, 4) is 10.6 Å². The summed E-state index contributed by atoms with van der Waals surface area (Å²) in [4.78, 5) is 25.0. The summed E-state index contributed by atoms with van der Waals surface area (Å²) in [7, 11) is 0. The van der Waals surface area contributed by atoms with Crippen LogP contribution in [0.2, 0.25) is 0 Å². The average molecular weight is 310 g/mol. The third kappa shape index (κ3) is 3.01. The molecule has 0 fully saturated rings. The number of amides is 1. The molecule has 0 aliphatic heterocycles. The third-order valence-corrected chi connectivity index (χ3v) is 4.21. The lowest BCUT2D eigenvalue weighted by Crippen LogP contribution is -2.12. The molecule has 3 aromatic heterocycles. The van der Waals surface area contributed by atoms with Gasteiger partial charge in [-0.1, -0.05) is 11.3 Å². The molecule has 0 unspecified atom stereocenters. The van der Waals surface area contributed by atoms with E-state index < -0.39 is 0 Å². The molecule has 0 saturated heterocycles. The maximum absolute atomic E-state index is 12.3. The van der Waals surface area contributed by atoms with Crippen LogP contribution in [0.1, 0.15) is 21.7 Å². The minimum absolute atomic E-state index is 0.157. The molecule has 0 aliphatic carbocycles. The first-order chi connectivity index (χ1) is 10.6. The predicted molar refractivity (Wildman–Crippen MR) is 87.0 cm³/mol. The molecular formula is C16H14N4OS. The lowest BCUT2D eigenvalue weighted by atomic mass is 10.2. The van der Waals surface area contributed by atoms with Crippen molar-refractivity contribution in [3.63, 3.8) is 0 Å². The van der Waals surface area contributed by atoms with Crippen LogP contribution in [0.4, 0.5) is 5.00 Å². The molecule has 0 spiro atoms. The Balaban J connectivity index is 1.84. The fourth-order valence-electron chi connectivity index (χ4n) is 1.99. The van der Waals surface area contributed by atoms with E-state index >= 15 is 0 Å². The minimum atomic E-state index is -0.157. The fraction of sp³-hybridized carbons (Fsp3) is 0.125. The smallest absolute Gasteiger partial charge is 0.256 e. The number of anilines is 1. The number of carbonyl (C=O) groups is 1. The van der Waals surface area contributed by atoms with E-state index in [4.69, 9.17) is 0 Å². The van der Waals surface area contributed by atoms with Gasteiger partial charge in [-0.05, 0) is 38.1 Å². The van der Waals surface area contributed by atoms with Gasteiger partial charge in [0.05, 0.1) is 5.69 Å².